The number of anilines is 2. The first-order chi connectivity index (χ1) is 36.4. The van der Waals surface area contributed by atoms with Crippen molar-refractivity contribution in [3.8, 4) is 81.0 Å². The fourth-order valence-corrected chi connectivity index (χ4v) is 9.07. The first-order valence-corrected chi connectivity index (χ1v) is 26.2. The molecule has 6 N–H and O–H groups in total. The molecule has 0 saturated carbocycles. The quantitative estimate of drug-likeness (QED) is 0.0223. The van der Waals surface area contributed by atoms with Crippen LogP contribution in [0.5, 0.6) is 34.5 Å². The van der Waals surface area contributed by atoms with Crippen LogP contribution in [0.15, 0.2) is 36.9 Å². The maximum atomic E-state index is 6.20. The van der Waals surface area contributed by atoms with Gasteiger partial charge in [-0.2, -0.15) is 0 Å². The Hall–Kier alpha value is -7.02. The van der Waals surface area contributed by atoms with E-state index in [0.717, 1.165) is 49.9 Å². The van der Waals surface area contributed by atoms with Gasteiger partial charge in [0.2, 0.25) is 11.5 Å². The lowest BCUT2D eigenvalue weighted by Gasteiger charge is -2.15. The number of nitrogens with one attached hydrogen (secondary N) is 2. The van der Waals surface area contributed by atoms with Crippen molar-refractivity contribution in [2.24, 2.45) is 0 Å². The number of aromatic nitrogens is 8. The number of nitrogen functional groups attached to an aromatic ring is 2. The monoisotopic (exact) mass is 1010 g/mol. The van der Waals surface area contributed by atoms with E-state index in [2.05, 4.69) is 63.4 Å². The predicted octanol–water partition coefficient (Wildman–Crippen LogP) is 9.42. The van der Waals surface area contributed by atoms with Crippen LogP contribution in [0.2, 0.25) is 0 Å². The lowest BCUT2D eigenvalue weighted by molar-refractivity contribution is 0.324. The van der Waals surface area contributed by atoms with Crippen LogP contribution in [0.25, 0.3) is 45.1 Å². The smallest absolute Gasteiger partial charge is 0.203 e. The summed E-state index contributed by atoms with van der Waals surface area (Å²) in [7, 11) is 9.55. The van der Waals surface area contributed by atoms with Crippen molar-refractivity contribution in [1.82, 2.24) is 49.7 Å². The Morgan fingerprint density at radius 3 is 1.09 bits per heavy atom. The highest BCUT2D eigenvalue weighted by molar-refractivity contribution is 5.87. The third-order valence-corrected chi connectivity index (χ3v) is 13.0. The van der Waals surface area contributed by atoms with Crippen molar-refractivity contribution in [2.75, 3.05) is 80.3 Å². The van der Waals surface area contributed by atoms with Gasteiger partial charge >= 0.3 is 0 Å². The van der Waals surface area contributed by atoms with E-state index in [0.29, 0.717) is 106 Å². The molecule has 398 valence electrons. The largest absolute Gasteiger partial charge is 0.493 e. The summed E-state index contributed by atoms with van der Waals surface area (Å²) in [6.45, 7) is 4.74. The molecule has 0 spiro atoms. The number of aryl methyl sites for hydroxylation is 2. The molecule has 0 aliphatic heterocycles. The first-order valence-electron chi connectivity index (χ1n) is 26.2. The molecule has 6 aromatic rings. The number of hydrogen-bond acceptors (Lipinski definition) is 16. The molecule has 2 aromatic carbocycles. The van der Waals surface area contributed by atoms with Crippen LogP contribution in [0, 0.1) is 23.7 Å². The van der Waals surface area contributed by atoms with Gasteiger partial charge in [0.05, 0.1) is 55.7 Å². The number of rotatable bonds is 33. The standard InChI is InChI=1S/C56H78N12O6/c1-69-43-35-41(36-44(70-2)49(43)73-5)53-65-47-51(57)61-39-63-55(47)67(53)33-27-21-19-25-31-59-29-23-17-15-13-11-9-7-8-10-12-14-16-18-24-30-60-32-26-20-22-28-34-68-54(66-48-52(58)62-40-64-56(48)68)42-37-45(71-3)50(74-6)46(38-42)72-4/h35-40,59-60H,7-18,21-24,27-34H2,1-6H3,(H2,57,61,63)(H2,58,62,64). The number of nitrogens with two attached hydrogens (primary N) is 2. The summed E-state index contributed by atoms with van der Waals surface area (Å²) in [6.07, 6.45) is 24.5. The predicted molar refractivity (Wildman–Crippen MR) is 294 cm³/mol. The number of methoxy groups -OCH3 is 6. The minimum atomic E-state index is 0.334. The summed E-state index contributed by atoms with van der Waals surface area (Å²) in [5.74, 6) is 18.5. The number of benzene rings is 2. The molecule has 0 fully saturated rings. The molecule has 18 nitrogen and oxygen atoms in total. The fraction of sp³-hybridized carbons (Fsp3) is 0.536. The second-order valence-corrected chi connectivity index (χ2v) is 18.1. The number of imidazole rings is 2. The van der Waals surface area contributed by atoms with Crippen molar-refractivity contribution in [3.63, 3.8) is 0 Å². The highest BCUT2D eigenvalue weighted by Crippen LogP contribution is 2.43. The zero-order valence-electron chi connectivity index (χ0n) is 44.6. The summed E-state index contributed by atoms with van der Waals surface area (Å²) in [4.78, 5) is 27.0. The maximum absolute atomic E-state index is 6.20. The summed E-state index contributed by atoms with van der Waals surface area (Å²) in [5, 5.41) is 6.98. The van der Waals surface area contributed by atoms with Gasteiger partial charge in [-0.3, -0.25) is 0 Å². The number of ether oxygens (including phenoxy) is 6. The Labute approximate surface area is 437 Å². The van der Waals surface area contributed by atoms with Crippen molar-refractivity contribution in [3.05, 3.63) is 36.9 Å². The second-order valence-electron chi connectivity index (χ2n) is 18.1. The summed E-state index contributed by atoms with van der Waals surface area (Å²) in [6, 6.07) is 7.51. The third-order valence-electron chi connectivity index (χ3n) is 13.0. The molecule has 74 heavy (non-hydrogen) atoms. The second kappa shape index (κ2) is 30.9. The van der Waals surface area contributed by atoms with Crippen LogP contribution >= 0.6 is 0 Å². The van der Waals surface area contributed by atoms with Gasteiger partial charge in [-0.05, 0) is 63.0 Å². The lowest BCUT2D eigenvalue weighted by atomic mass is 10.0. The minimum Gasteiger partial charge on any atom is -0.493 e. The van der Waals surface area contributed by atoms with Crippen molar-refractivity contribution >= 4 is 34.0 Å². The Morgan fingerprint density at radius 2 is 0.770 bits per heavy atom. The number of unbranched alkanes of at least 4 members (excludes halogenated alkanes) is 15. The van der Waals surface area contributed by atoms with Gasteiger partial charge in [-0.25, -0.2) is 29.9 Å². The molecule has 4 heterocycles. The Balaban J connectivity index is 0.732. The highest BCUT2D eigenvalue weighted by Gasteiger charge is 2.22. The van der Waals surface area contributed by atoms with Crippen LogP contribution in [0.3, 0.4) is 0 Å². The SMILES string of the molecule is COc1cc(-c2nc3c(N)ncnc3n2CCCC#CCNCCCCCCCCCCCCCCCCNCC#CCCCn2c(-c3cc(OC)c(OC)c(OC)c3)nc3c(N)ncnc32)cc(OC)c1OC. The van der Waals surface area contributed by atoms with E-state index in [1.807, 2.05) is 24.3 Å². The van der Waals surface area contributed by atoms with E-state index < -0.39 is 0 Å². The molecule has 0 bridgehead atoms. The van der Waals surface area contributed by atoms with E-state index in [1.165, 1.54) is 103 Å². The molecule has 0 radical (unpaired) electrons. The van der Waals surface area contributed by atoms with Crippen LogP contribution in [-0.4, -0.2) is 108 Å². The topological polar surface area (TPSA) is 219 Å². The highest BCUT2D eigenvalue weighted by atomic mass is 16.5. The maximum Gasteiger partial charge on any atom is 0.203 e. The van der Waals surface area contributed by atoms with Gasteiger partial charge < -0.3 is 59.7 Å². The lowest BCUT2D eigenvalue weighted by Crippen LogP contribution is -2.15. The molecule has 0 unspecified atom stereocenters. The molecule has 6 rings (SSSR count). The number of fused-ring (bicyclic) bond motifs is 2. The average Bonchev–Trinajstić information content (AvgIpc) is 4.00. The van der Waals surface area contributed by atoms with Gasteiger partial charge in [-0.15, -0.1) is 11.8 Å². The fourth-order valence-electron chi connectivity index (χ4n) is 9.07. The minimum absolute atomic E-state index is 0.334. The number of hydrogen-bond donors (Lipinski definition) is 4. The molecule has 4 aromatic heterocycles. The average molecular weight is 1020 g/mol. The summed E-state index contributed by atoms with van der Waals surface area (Å²) >= 11 is 0. The van der Waals surface area contributed by atoms with Gasteiger partial charge in [0, 0.05) is 37.1 Å². The molecular weight excluding hydrogens is 937 g/mol. The van der Waals surface area contributed by atoms with Gasteiger partial charge in [0.15, 0.2) is 57.0 Å². The zero-order valence-corrected chi connectivity index (χ0v) is 44.6. The van der Waals surface area contributed by atoms with E-state index in [-0.39, 0.29) is 0 Å². The number of nitrogens with zero attached hydrogens (tertiary/aromatic N) is 8. The summed E-state index contributed by atoms with van der Waals surface area (Å²) in [5.41, 5.74) is 16.5. The van der Waals surface area contributed by atoms with Crippen molar-refractivity contribution in [1.29, 1.82) is 0 Å². The third kappa shape index (κ3) is 15.7. The van der Waals surface area contributed by atoms with Crippen LogP contribution in [0.4, 0.5) is 11.6 Å². The molecule has 0 saturated heterocycles. The molecule has 0 aliphatic rings. The van der Waals surface area contributed by atoms with Crippen LogP contribution in [0.1, 0.15) is 116 Å². The van der Waals surface area contributed by atoms with Gasteiger partial charge in [0.25, 0.3) is 0 Å². The summed E-state index contributed by atoms with van der Waals surface area (Å²) < 4.78 is 37.5. The Morgan fingerprint density at radius 1 is 0.432 bits per heavy atom. The first kappa shape index (κ1) is 56.3. The normalized spacial score (nSPS) is 11.1. The molecule has 0 amide bonds. The van der Waals surface area contributed by atoms with E-state index in [1.54, 1.807) is 42.7 Å². The van der Waals surface area contributed by atoms with Gasteiger partial charge in [0.1, 0.15) is 24.3 Å². The van der Waals surface area contributed by atoms with Crippen LogP contribution in [-0.2, 0) is 13.1 Å². The van der Waals surface area contributed by atoms with E-state index in [9.17, 15) is 0 Å². The van der Waals surface area contributed by atoms with Gasteiger partial charge in [-0.1, -0.05) is 88.9 Å². The van der Waals surface area contributed by atoms with E-state index in [4.69, 9.17) is 49.9 Å². The zero-order chi connectivity index (χ0) is 52.3. The van der Waals surface area contributed by atoms with Crippen molar-refractivity contribution < 1.29 is 28.4 Å². The van der Waals surface area contributed by atoms with Crippen molar-refractivity contribution in [2.45, 2.75) is 129 Å². The Kier molecular flexibility index (Phi) is 23.5. The van der Waals surface area contributed by atoms with E-state index >= 15 is 0 Å². The molecule has 0 atom stereocenters. The Bertz CT molecular complexity index is 2570. The molecule has 0 aliphatic carbocycles. The molecule has 18 heteroatoms. The van der Waals surface area contributed by atoms with Crippen LogP contribution < -0.4 is 50.5 Å². The molecular formula is C56H78N12O6.